The van der Waals surface area contributed by atoms with Gasteiger partial charge >= 0.3 is 0 Å². The van der Waals surface area contributed by atoms with Crippen LogP contribution in [0.4, 0.5) is 0 Å². The summed E-state index contributed by atoms with van der Waals surface area (Å²) in [6.07, 6.45) is 4.10. The predicted molar refractivity (Wildman–Crippen MR) is 148 cm³/mol. The minimum Gasteiger partial charge on any atom is -0.372 e. The highest BCUT2D eigenvalue weighted by atomic mass is 16.5. The molecule has 9 heteroatoms. The Balaban J connectivity index is 1.46. The maximum atomic E-state index is 13.7. The van der Waals surface area contributed by atoms with Crippen LogP contribution in [0.3, 0.4) is 0 Å². The monoisotopic (exact) mass is 524 g/mol. The van der Waals surface area contributed by atoms with E-state index >= 15 is 0 Å². The fourth-order valence-electron chi connectivity index (χ4n) is 6.20. The minimum absolute atomic E-state index is 0.0231. The predicted octanol–water partition coefficient (Wildman–Crippen LogP) is 5.51. The zero-order valence-electron chi connectivity index (χ0n) is 22.7. The van der Waals surface area contributed by atoms with Crippen molar-refractivity contribution in [2.24, 2.45) is 5.92 Å². The topological polar surface area (TPSA) is 102 Å². The lowest BCUT2D eigenvalue weighted by atomic mass is 9.97. The summed E-state index contributed by atoms with van der Waals surface area (Å²) in [5.41, 5.74) is 6.70. The average molecular weight is 525 g/mol. The highest BCUT2D eigenvalue weighted by Gasteiger charge is 2.29. The van der Waals surface area contributed by atoms with Crippen LogP contribution in [0, 0.1) is 19.8 Å². The van der Waals surface area contributed by atoms with E-state index in [1.807, 2.05) is 38.7 Å². The molecule has 9 nitrogen and oxygen atoms in total. The van der Waals surface area contributed by atoms with Crippen molar-refractivity contribution in [2.75, 3.05) is 13.1 Å². The van der Waals surface area contributed by atoms with Crippen molar-refractivity contribution in [3.05, 3.63) is 53.7 Å². The van der Waals surface area contributed by atoms with Crippen molar-refractivity contribution in [1.29, 1.82) is 0 Å². The van der Waals surface area contributed by atoms with Gasteiger partial charge in [0.25, 0.3) is 5.91 Å². The number of nitrogens with zero attached hydrogens (tertiary/aromatic N) is 5. The van der Waals surface area contributed by atoms with Crippen LogP contribution in [-0.4, -0.2) is 61.0 Å². The quantitative estimate of drug-likeness (QED) is 0.325. The Bertz CT molecular complexity index is 1680. The Kier molecular flexibility index (Phi) is 5.59. The molecule has 3 aromatic heterocycles. The van der Waals surface area contributed by atoms with E-state index in [1.165, 1.54) is 12.8 Å². The van der Waals surface area contributed by atoms with Crippen LogP contribution in [0.25, 0.3) is 44.3 Å². The summed E-state index contributed by atoms with van der Waals surface area (Å²) in [5, 5.41) is 14.9. The van der Waals surface area contributed by atoms with Gasteiger partial charge in [-0.05, 0) is 76.3 Å². The van der Waals surface area contributed by atoms with Gasteiger partial charge in [-0.3, -0.25) is 4.79 Å². The number of hydrogen-bond acceptors (Lipinski definition) is 6. The van der Waals surface area contributed by atoms with E-state index in [1.54, 1.807) is 6.33 Å². The standard InChI is InChI=1S/C30H32N6O3/c1-16-12-35(13-17(2)38-16)30(37)21-7-8-23-24-9-22(27-18(3)34-39-19(27)4)10-25(29-31-15-32-33-29)28(24)36(26(23)11-21)14-20-5-6-20/h7-11,15-17,20H,5-6,12-14H2,1-4H3,(H,31,32,33)/t16-,17+. The average Bonchev–Trinajstić information content (AvgIpc) is 3.30. The van der Waals surface area contributed by atoms with E-state index < -0.39 is 0 Å². The second kappa shape index (κ2) is 9.05. The number of carbonyl (C=O) groups excluding carboxylic acids is 1. The molecule has 0 bridgehead atoms. The molecule has 1 saturated heterocycles. The molecule has 2 atom stereocenters. The largest absolute Gasteiger partial charge is 0.372 e. The van der Waals surface area contributed by atoms with E-state index in [0.29, 0.717) is 30.4 Å². The molecular weight excluding hydrogens is 492 g/mol. The second-order valence-electron chi connectivity index (χ2n) is 11.2. The molecule has 1 aliphatic heterocycles. The number of nitrogens with one attached hydrogen (secondary N) is 1. The number of carbonyl (C=O) groups is 1. The number of rotatable bonds is 5. The maximum absolute atomic E-state index is 13.7. The van der Waals surface area contributed by atoms with Crippen LogP contribution in [0.1, 0.15) is 48.5 Å². The molecule has 2 aromatic carbocycles. The third-order valence-corrected chi connectivity index (χ3v) is 8.04. The number of morpholine rings is 1. The summed E-state index contributed by atoms with van der Waals surface area (Å²) in [4.78, 5) is 18.8. The molecule has 0 radical (unpaired) electrons. The number of aromatic amines is 1. The van der Waals surface area contributed by atoms with Crippen LogP contribution >= 0.6 is 0 Å². The third-order valence-electron chi connectivity index (χ3n) is 8.04. The number of hydrogen-bond donors (Lipinski definition) is 1. The van der Waals surface area contributed by atoms with Crippen LogP contribution in [0.2, 0.25) is 0 Å². The van der Waals surface area contributed by atoms with E-state index in [2.05, 4.69) is 49.2 Å². The lowest BCUT2D eigenvalue weighted by Gasteiger charge is -2.35. The first-order chi connectivity index (χ1) is 18.9. The van der Waals surface area contributed by atoms with Crippen molar-refractivity contribution < 1.29 is 14.1 Å². The number of H-pyrrole nitrogens is 1. The number of aryl methyl sites for hydroxylation is 2. The molecule has 39 heavy (non-hydrogen) atoms. The molecule has 1 amide bonds. The van der Waals surface area contributed by atoms with Gasteiger partial charge in [0.2, 0.25) is 0 Å². The number of fused-ring (bicyclic) bond motifs is 3. The minimum atomic E-state index is 0.0231. The van der Waals surface area contributed by atoms with Gasteiger partial charge in [-0.1, -0.05) is 11.2 Å². The van der Waals surface area contributed by atoms with Gasteiger partial charge in [0.15, 0.2) is 5.82 Å². The van der Waals surface area contributed by atoms with Gasteiger partial charge in [0.1, 0.15) is 12.1 Å². The fraction of sp³-hybridized carbons (Fsp3) is 0.400. The first-order valence-electron chi connectivity index (χ1n) is 13.7. The Morgan fingerprint density at radius 2 is 1.87 bits per heavy atom. The van der Waals surface area contributed by atoms with Crippen molar-refractivity contribution in [2.45, 2.75) is 59.3 Å². The zero-order valence-corrected chi connectivity index (χ0v) is 22.7. The molecule has 5 aromatic rings. The Morgan fingerprint density at radius 1 is 1.08 bits per heavy atom. The molecule has 1 N–H and O–H groups in total. The lowest BCUT2D eigenvalue weighted by molar-refractivity contribution is -0.0586. The first-order valence-corrected chi connectivity index (χ1v) is 13.7. The van der Waals surface area contributed by atoms with Crippen molar-refractivity contribution >= 4 is 27.7 Å². The number of amides is 1. The molecule has 0 unspecified atom stereocenters. The van der Waals surface area contributed by atoms with Crippen LogP contribution in [-0.2, 0) is 11.3 Å². The van der Waals surface area contributed by atoms with Gasteiger partial charge in [0.05, 0.1) is 23.4 Å². The Morgan fingerprint density at radius 3 is 2.54 bits per heavy atom. The van der Waals surface area contributed by atoms with Crippen LogP contribution < -0.4 is 0 Å². The SMILES string of the molecule is Cc1noc(C)c1-c1cc(-c2nnc[nH]2)c2c(c1)c1ccc(C(=O)N3C[C@@H](C)O[C@@H](C)C3)cc1n2CC1CC1. The normalized spacial score (nSPS) is 19.8. The van der Waals surface area contributed by atoms with E-state index in [-0.39, 0.29) is 18.1 Å². The van der Waals surface area contributed by atoms with Crippen molar-refractivity contribution in [3.63, 3.8) is 0 Å². The Hall–Kier alpha value is -3.98. The van der Waals surface area contributed by atoms with Crippen LogP contribution in [0.15, 0.2) is 41.2 Å². The van der Waals surface area contributed by atoms with E-state index in [0.717, 1.165) is 56.5 Å². The zero-order chi connectivity index (χ0) is 26.8. The summed E-state index contributed by atoms with van der Waals surface area (Å²) in [6, 6.07) is 10.5. The first kappa shape index (κ1) is 24.1. The number of aromatic nitrogens is 5. The fourth-order valence-corrected chi connectivity index (χ4v) is 6.20. The molecule has 2 fully saturated rings. The maximum Gasteiger partial charge on any atom is 0.254 e. The molecule has 2 aliphatic rings. The summed E-state index contributed by atoms with van der Waals surface area (Å²) in [5.74, 6) is 2.17. The lowest BCUT2D eigenvalue weighted by Crippen LogP contribution is -2.48. The number of benzene rings is 2. The van der Waals surface area contributed by atoms with Gasteiger partial charge in [-0.2, -0.15) is 0 Å². The molecule has 7 rings (SSSR count). The van der Waals surface area contributed by atoms with E-state index in [4.69, 9.17) is 9.26 Å². The van der Waals surface area contributed by atoms with E-state index in [9.17, 15) is 4.79 Å². The molecular formula is C30H32N6O3. The third kappa shape index (κ3) is 4.12. The Labute approximate surface area is 226 Å². The highest BCUT2D eigenvalue weighted by molar-refractivity contribution is 6.15. The smallest absolute Gasteiger partial charge is 0.254 e. The molecule has 1 saturated carbocycles. The summed E-state index contributed by atoms with van der Waals surface area (Å²) >= 11 is 0. The molecule has 0 spiro atoms. The molecule has 200 valence electrons. The van der Waals surface area contributed by atoms with Gasteiger partial charge in [-0.15, -0.1) is 10.2 Å². The molecule has 1 aliphatic carbocycles. The second-order valence-corrected chi connectivity index (χ2v) is 11.2. The van der Waals surface area contributed by atoms with Crippen LogP contribution in [0.5, 0.6) is 0 Å². The van der Waals surface area contributed by atoms with Gasteiger partial charge in [0, 0.05) is 52.6 Å². The number of ether oxygens (including phenoxy) is 1. The summed E-state index contributed by atoms with van der Waals surface area (Å²) in [6.45, 7) is 10.0. The highest BCUT2D eigenvalue weighted by Crippen LogP contribution is 2.42. The van der Waals surface area contributed by atoms with Crippen molar-refractivity contribution in [3.8, 4) is 22.5 Å². The van der Waals surface area contributed by atoms with Crippen molar-refractivity contribution in [1.82, 2.24) is 29.8 Å². The molecule has 4 heterocycles. The van der Waals surface area contributed by atoms with Gasteiger partial charge < -0.3 is 23.7 Å². The van der Waals surface area contributed by atoms with Gasteiger partial charge in [-0.25, -0.2) is 0 Å². The summed E-state index contributed by atoms with van der Waals surface area (Å²) < 4.78 is 13.8. The summed E-state index contributed by atoms with van der Waals surface area (Å²) in [7, 11) is 0.